The highest BCUT2D eigenvalue weighted by Gasteiger charge is 2.16. The molecule has 0 unspecified atom stereocenters. The van der Waals surface area contributed by atoms with Crippen molar-refractivity contribution in [2.45, 2.75) is 6.92 Å². The van der Waals surface area contributed by atoms with Crippen LogP contribution < -0.4 is 10.6 Å². The van der Waals surface area contributed by atoms with Crippen molar-refractivity contribution in [1.82, 2.24) is 10.2 Å². The molecular formula is C13H18N4O4. The molecule has 114 valence electrons. The number of non-ortho nitro benzene ring substituents is 1. The summed E-state index contributed by atoms with van der Waals surface area (Å²) in [5, 5.41) is 15.5. The van der Waals surface area contributed by atoms with Gasteiger partial charge in [0.2, 0.25) is 0 Å². The fourth-order valence-corrected chi connectivity index (χ4v) is 1.51. The van der Waals surface area contributed by atoms with Crippen molar-refractivity contribution in [2.75, 3.05) is 32.5 Å². The zero-order chi connectivity index (χ0) is 16.0. The third-order valence-corrected chi connectivity index (χ3v) is 2.73. The minimum absolute atomic E-state index is 0.149. The number of nitrogens with zero attached hydrogens (tertiary/aromatic N) is 2. The molecule has 0 heterocycles. The number of hydrogen-bond acceptors (Lipinski definition) is 5. The summed E-state index contributed by atoms with van der Waals surface area (Å²) in [7, 11) is 3.69. The molecule has 0 aliphatic rings. The molecule has 1 aromatic rings. The van der Waals surface area contributed by atoms with E-state index < -0.39 is 16.7 Å². The Labute approximate surface area is 122 Å². The van der Waals surface area contributed by atoms with Crippen LogP contribution in [0, 0.1) is 17.0 Å². The zero-order valence-corrected chi connectivity index (χ0v) is 12.2. The van der Waals surface area contributed by atoms with Crippen molar-refractivity contribution < 1.29 is 14.5 Å². The van der Waals surface area contributed by atoms with Gasteiger partial charge >= 0.3 is 11.8 Å². The summed E-state index contributed by atoms with van der Waals surface area (Å²) in [6.07, 6.45) is 0. The van der Waals surface area contributed by atoms with E-state index in [1.807, 2.05) is 19.0 Å². The van der Waals surface area contributed by atoms with Crippen LogP contribution in [0.1, 0.15) is 5.56 Å². The number of likely N-dealkylation sites (N-methyl/N-ethyl adjacent to an activating group) is 1. The summed E-state index contributed by atoms with van der Waals surface area (Å²) in [5.41, 5.74) is 0.732. The van der Waals surface area contributed by atoms with Crippen LogP contribution in [0.4, 0.5) is 11.4 Å². The highest BCUT2D eigenvalue weighted by atomic mass is 16.6. The smallest absolute Gasteiger partial charge is 0.313 e. The average Bonchev–Trinajstić information content (AvgIpc) is 2.40. The van der Waals surface area contributed by atoms with E-state index in [2.05, 4.69) is 10.6 Å². The molecule has 0 aliphatic heterocycles. The van der Waals surface area contributed by atoms with Crippen LogP contribution in [-0.2, 0) is 9.59 Å². The Morgan fingerprint density at radius 3 is 2.52 bits per heavy atom. The number of hydrogen-bond donors (Lipinski definition) is 2. The molecule has 0 aliphatic carbocycles. The molecule has 2 amide bonds. The average molecular weight is 294 g/mol. The summed E-state index contributed by atoms with van der Waals surface area (Å²) in [5.74, 6) is -1.62. The SMILES string of the molecule is Cc1ccc([N+](=O)[O-])cc1NC(=O)C(=O)NCCN(C)C. The molecule has 0 saturated heterocycles. The van der Waals surface area contributed by atoms with Gasteiger partial charge in [-0.15, -0.1) is 0 Å². The van der Waals surface area contributed by atoms with Gasteiger partial charge in [-0.05, 0) is 26.6 Å². The molecule has 1 rings (SSSR count). The van der Waals surface area contributed by atoms with Crippen LogP contribution in [0.5, 0.6) is 0 Å². The number of nitro benzene ring substituents is 1. The number of nitro groups is 1. The van der Waals surface area contributed by atoms with Gasteiger partial charge in [-0.1, -0.05) is 6.07 Å². The normalized spacial score (nSPS) is 10.3. The van der Waals surface area contributed by atoms with Crippen molar-refractivity contribution in [2.24, 2.45) is 0 Å². The fraction of sp³-hybridized carbons (Fsp3) is 0.385. The Morgan fingerprint density at radius 2 is 1.95 bits per heavy atom. The maximum absolute atomic E-state index is 11.7. The van der Waals surface area contributed by atoms with E-state index in [1.165, 1.54) is 18.2 Å². The van der Waals surface area contributed by atoms with E-state index in [1.54, 1.807) is 6.92 Å². The third-order valence-electron chi connectivity index (χ3n) is 2.73. The summed E-state index contributed by atoms with van der Waals surface area (Å²) in [6.45, 7) is 2.63. The summed E-state index contributed by atoms with van der Waals surface area (Å²) in [4.78, 5) is 35.3. The van der Waals surface area contributed by atoms with E-state index in [4.69, 9.17) is 0 Å². The minimum atomic E-state index is -0.850. The van der Waals surface area contributed by atoms with Gasteiger partial charge in [0.05, 0.1) is 10.6 Å². The number of rotatable bonds is 5. The predicted octanol–water partition coefficient (Wildman–Crippen LogP) is 0.520. The van der Waals surface area contributed by atoms with Crippen LogP contribution in [0.3, 0.4) is 0 Å². The summed E-state index contributed by atoms with van der Waals surface area (Å²) < 4.78 is 0. The van der Waals surface area contributed by atoms with Gasteiger partial charge in [0.1, 0.15) is 0 Å². The topological polar surface area (TPSA) is 105 Å². The van der Waals surface area contributed by atoms with Crippen molar-refractivity contribution in [1.29, 1.82) is 0 Å². The van der Waals surface area contributed by atoms with Gasteiger partial charge in [-0.3, -0.25) is 19.7 Å². The first-order valence-electron chi connectivity index (χ1n) is 6.30. The molecule has 0 fully saturated rings. The summed E-state index contributed by atoms with van der Waals surface area (Å²) >= 11 is 0. The number of carbonyl (C=O) groups excluding carboxylic acids is 2. The molecule has 8 heteroatoms. The predicted molar refractivity (Wildman–Crippen MR) is 78.0 cm³/mol. The van der Waals surface area contributed by atoms with Crippen LogP contribution in [0.25, 0.3) is 0 Å². The van der Waals surface area contributed by atoms with Crippen molar-refractivity contribution in [3.05, 3.63) is 33.9 Å². The molecule has 0 spiro atoms. The fourth-order valence-electron chi connectivity index (χ4n) is 1.51. The first kappa shape index (κ1) is 16.6. The quantitative estimate of drug-likeness (QED) is 0.468. The highest BCUT2D eigenvalue weighted by Crippen LogP contribution is 2.21. The van der Waals surface area contributed by atoms with Crippen LogP contribution in [0.15, 0.2) is 18.2 Å². The van der Waals surface area contributed by atoms with Gasteiger partial charge in [-0.25, -0.2) is 0 Å². The summed E-state index contributed by atoms with van der Waals surface area (Å²) in [6, 6.07) is 4.07. The van der Waals surface area contributed by atoms with Crippen LogP contribution >= 0.6 is 0 Å². The van der Waals surface area contributed by atoms with Crippen molar-refractivity contribution >= 4 is 23.2 Å². The lowest BCUT2D eigenvalue weighted by molar-refractivity contribution is -0.384. The molecule has 8 nitrogen and oxygen atoms in total. The lowest BCUT2D eigenvalue weighted by Crippen LogP contribution is -2.38. The lowest BCUT2D eigenvalue weighted by atomic mass is 10.2. The number of amides is 2. The Kier molecular flexibility index (Phi) is 5.79. The Balaban J connectivity index is 2.67. The van der Waals surface area contributed by atoms with Gasteiger partial charge in [-0.2, -0.15) is 0 Å². The molecule has 1 aromatic carbocycles. The standard InChI is InChI=1S/C13H18N4O4/c1-9-4-5-10(17(20)21)8-11(9)15-13(19)12(18)14-6-7-16(2)3/h4-5,8H,6-7H2,1-3H3,(H,14,18)(H,15,19). The Morgan fingerprint density at radius 1 is 1.29 bits per heavy atom. The zero-order valence-electron chi connectivity index (χ0n) is 12.2. The molecule has 0 radical (unpaired) electrons. The molecule has 0 aromatic heterocycles. The van der Waals surface area contributed by atoms with E-state index in [0.717, 1.165) is 0 Å². The van der Waals surface area contributed by atoms with E-state index in [9.17, 15) is 19.7 Å². The van der Waals surface area contributed by atoms with Gasteiger partial charge in [0, 0.05) is 25.2 Å². The van der Waals surface area contributed by atoms with Gasteiger partial charge < -0.3 is 15.5 Å². The molecule has 0 bridgehead atoms. The van der Waals surface area contributed by atoms with Crippen molar-refractivity contribution in [3.8, 4) is 0 Å². The number of carbonyl (C=O) groups is 2. The second-order valence-electron chi connectivity index (χ2n) is 4.77. The van der Waals surface area contributed by atoms with Crippen LogP contribution in [0.2, 0.25) is 0 Å². The maximum Gasteiger partial charge on any atom is 0.313 e. The van der Waals surface area contributed by atoms with E-state index in [-0.39, 0.29) is 11.4 Å². The second kappa shape index (κ2) is 7.34. The Bertz CT molecular complexity index is 557. The number of aryl methyl sites for hydroxylation is 1. The molecular weight excluding hydrogens is 276 g/mol. The van der Waals surface area contributed by atoms with Gasteiger partial charge in [0.15, 0.2) is 0 Å². The largest absolute Gasteiger partial charge is 0.347 e. The lowest BCUT2D eigenvalue weighted by Gasteiger charge is -2.11. The number of anilines is 1. The third kappa shape index (κ3) is 5.19. The first-order valence-corrected chi connectivity index (χ1v) is 6.30. The Hall–Kier alpha value is -2.48. The van der Waals surface area contributed by atoms with Gasteiger partial charge in [0.25, 0.3) is 5.69 Å². The molecule has 0 saturated carbocycles. The maximum atomic E-state index is 11.7. The second-order valence-corrected chi connectivity index (χ2v) is 4.77. The minimum Gasteiger partial charge on any atom is -0.347 e. The first-order chi connectivity index (χ1) is 9.81. The van der Waals surface area contributed by atoms with Crippen LogP contribution in [-0.4, -0.2) is 48.8 Å². The molecule has 21 heavy (non-hydrogen) atoms. The van der Waals surface area contributed by atoms with E-state index >= 15 is 0 Å². The molecule has 0 atom stereocenters. The monoisotopic (exact) mass is 294 g/mol. The molecule has 2 N–H and O–H groups in total. The number of benzene rings is 1. The van der Waals surface area contributed by atoms with Crippen molar-refractivity contribution in [3.63, 3.8) is 0 Å². The van der Waals surface area contributed by atoms with E-state index in [0.29, 0.717) is 18.7 Å². The highest BCUT2D eigenvalue weighted by molar-refractivity contribution is 6.39. The number of nitrogens with one attached hydrogen (secondary N) is 2.